The van der Waals surface area contributed by atoms with E-state index in [9.17, 15) is 29.7 Å². The molecule has 0 aromatic rings. The van der Waals surface area contributed by atoms with Gasteiger partial charge >= 0.3 is 0 Å². The van der Waals surface area contributed by atoms with E-state index < -0.39 is 102 Å². The van der Waals surface area contributed by atoms with Crippen molar-refractivity contribution >= 4 is 23.9 Å². The van der Waals surface area contributed by atoms with Crippen LogP contribution in [0.5, 0.6) is 0 Å². The third-order valence-corrected chi connectivity index (χ3v) is 14.1. The number of rotatable bonds is 11. The Labute approximate surface area is 336 Å². The van der Waals surface area contributed by atoms with Crippen molar-refractivity contribution in [1.29, 1.82) is 0 Å². The summed E-state index contributed by atoms with van der Waals surface area (Å²) in [5.41, 5.74) is -14.4. The van der Waals surface area contributed by atoms with E-state index in [4.69, 9.17) is 0 Å². The van der Waals surface area contributed by atoms with Gasteiger partial charge in [0.1, 0.15) is 5.41 Å². The fourth-order valence-electron chi connectivity index (χ4n) is 14.9. The number of nitrogens with one attached hydrogen (secondary N) is 4. The summed E-state index contributed by atoms with van der Waals surface area (Å²) in [6.07, 6.45) is 2.29. The lowest BCUT2D eigenvalue weighted by Gasteiger charge is -2.73. The average Bonchev–Trinajstić information content (AvgIpc) is 2.86. The highest BCUT2D eigenvalue weighted by molar-refractivity contribution is 6.18. The molecule has 0 bridgehead atoms. The van der Waals surface area contributed by atoms with Gasteiger partial charge in [0.15, 0.2) is 0 Å². The molecule has 1 atom stereocenters. The van der Waals surface area contributed by atoms with Crippen LogP contribution in [-0.2, 0) is 19.2 Å². The van der Waals surface area contributed by atoms with Gasteiger partial charge in [0.05, 0.1) is 23.9 Å². The summed E-state index contributed by atoms with van der Waals surface area (Å²) in [4.78, 5) is 57.8. The van der Waals surface area contributed by atoms with Crippen LogP contribution in [0.4, 0.5) is 0 Å². The molecule has 0 aromatic carbocycles. The second-order valence-corrected chi connectivity index (χ2v) is 24.1. The summed E-state index contributed by atoms with van der Waals surface area (Å²) in [5, 5.41) is 72.5. The first-order valence-corrected chi connectivity index (χ1v) is 20.9. The van der Waals surface area contributed by atoms with Crippen molar-refractivity contribution in [1.82, 2.24) is 21.3 Å². The van der Waals surface area contributed by atoms with E-state index in [-0.39, 0.29) is 25.2 Å². The SMILES string of the molecule is CC1(C)CC(CC(C2CC(C)(C)NC(C)(C)C2)(C2CC(C)(C)NC(C)(C)C2)C(C(=O)[O-])(C2CC(C)(C)NC(C)(C)C2)C(C(=O)[O-])(C(=O)[O-])C(=O)[O-])CC(C)(C)N1. The summed E-state index contributed by atoms with van der Waals surface area (Å²) in [6.45, 7) is 31.8. The number of hydrogen-bond acceptors (Lipinski definition) is 12. The van der Waals surface area contributed by atoms with Gasteiger partial charge in [-0.2, -0.15) is 0 Å². The molecule has 4 heterocycles. The largest absolute Gasteiger partial charge is 0.549 e. The minimum absolute atomic E-state index is 0.0452. The molecule has 4 fully saturated rings. The van der Waals surface area contributed by atoms with Gasteiger partial charge in [-0.1, -0.05) is 0 Å². The molecule has 0 aliphatic carbocycles. The van der Waals surface area contributed by atoms with Gasteiger partial charge in [-0.3, -0.25) is 0 Å². The first-order valence-electron chi connectivity index (χ1n) is 20.9. The van der Waals surface area contributed by atoms with E-state index in [1.807, 2.05) is 83.1 Å². The number of carboxylic acids is 4. The van der Waals surface area contributed by atoms with Crippen molar-refractivity contribution in [3.05, 3.63) is 0 Å². The zero-order valence-electron chi connectivity index (χ0n) is 37.4. The molecule has 4 aliphatic heterocycles. The standard InChI is InChI=1S/C44H78N4O8/c1-34(2)17-26(18-35(3,4)45-34)19-42(27-20-36(5,6)46-37(7,8)21-27,28-22-38(9,10)47-39(11,12)23-28)44(33(55)56,43(30(49)50,31(51)52)32(53)54)29-24-40(13,14)48-41(15,16)25-29/h26-29,45-48H,17-25H2,1-16H3,(H,49,50)(H,51,52)(H,53,54)(H,55,56)/p-4. The molecule has 0 amide bonds. The van der Waals surface area contributed by atoms with Crippen LogP contribution in [0.15, 0.2) is 0 Å². The molecule has 0 radical (unpaired) electrons. The van der Waals surface area contributed by atoms with Crippen molar-refractivity contribution in [3.8, 4) is 0 Å². The topological polar surface area (TPSA) is 209 Å². The summed E-state index contributed by atoms with van der Waals surface area (Å²) >= 11 is 0. The molecular weight excluding hydrogens is 713 g/mol. The first-order chi connectivity index (χ1) is 24.8. The predicted octanol–water partition coefficient (Wildman–Crippen LogP) is 1.56. The molecule has 322 valence electrons. The van der Waals surface area contributed by atoms with Crippen molar-refractivity contribution in [2.24, 2.45) is 39.9 Å². The second kappa shape index (κ2) is 13.9. The van der Waals surface area contributed by atoms with Crippen molar-refractivity contribution < 1.29 is 39.6 Å². The fourth-order valence-corrected chi connectivity index (χ4v) is 14.9. The molecule has 4 aliphatic rings. The second-order valence-electron chi connectivity index (χ2n) is 24.1. The highest BCUT2D eigenvalue weighted by atomic mass is 16.4. The molecule has 0 spiro atoms. The molecule has 0 aromatic heterocycles. The maximum atomic E-state index is 15.3. The van der Waals surface area contributed by atoms with E-state index in [0.717, 1.165) is 0 Å². The summed E-state index contributed by atoms with van der Waals surface area (Å²) in [5.74, 6) is -12.7. The smallest absolute Gasteiger partial charge is 0.100 e. The molecule has 4 N–H and O–H groups in total. The van der Waals surface area contributed by atoms with Crippen molar-refractivity contribution in [3.63, 3.8) is 0 Å². The normalized spacial score (nSPS) is 28.8. The lowest BCUT2D eigenvalue weighted by molar-refractivity contribution is -0.397. The lowest BCUT2D eigenvalue weighted by Crippen LogP contribution is -2.83. The van der Waals surface area contributed by atoms with Crippen LogP contribution in [0.1, 0.15) is 169 Å². The highest BCUT2D eigenvalue weighted by Crippen LogP contribution is 2.72. The third-order valence-electron chi connectivity index (χ3n) is 14.1. The van der Waals surface area contributed by atoms with E-state index in [1.165, 1.54) is 0 Å². The molecule has 4 saturated heterocycles. The van der Waals surface area contributed by atoms with Crippen LogP contribution in [0.25, 0.3) is 0 Å². The molecule has 56 heavy (non-hydrogen) atoms. The molecule has 0 saturated carbocycles. The number of aliphatic carboxylic acids is 4. The lowest BCUT2D eigenvalue weighted by atomic mass is 9.33. The van der Waals surface area contributed by atoms with E-state index in [0.29, 0.717) is 38.5 Å². The van der Waals surface area contributed by atoms with Gasteiger partial charge in [0.25, 0.3) is 0 Å². The van der Waals surface area contributed by atoms with Crippen molar-refractivity contribution in [2.45, 2.75) is 213 Å². The molecule has 12 heteroatoms. The van der Waals surface area contributed by atoms with Crippen LogP contribution >= 0.6 is 0 Å². The minimum Gasteiger partial charge on any atom is -0.549 e. The Kier molecular flexibility index (Phi) is 11.5. The van der Waals surface area contributed by atoms with Gasteiger partial charge in [0, 0.05) is 49.7 Å². The Morgan fingerprint density at radius 1 is 0.411 bits per heavy atom. The number of piperidine rings is 4. The number of carbonyl (C=O) groups is 4. The van der Waals surface area contributed by atoms with Gasteiger partial charge in [0.2, 0.25) is 0 Å². The highest BCUT2D eigenvalue weighted by Gasteiger charge is 2.75. The monoisotopic (exact) mass is 787 g/mol. The van der Waals surface area contributed by atoms with Gasteiger partial charge in [-0.05, 0) is 198 Å². The summed E-state index contributed by atoms with van der Waals surface area (Å²) < 4.78 is 0. The van der Waals surface area contributed by atoms with E-state index in [2.05, 4.69) is 49.0 Å². The van der Waals surface area contributed by atoms with Gasteiger partial charge < -0.3 is 60.9 Å². The van der Waals surface area contributed by atoms with Crippen LogP contribution in [0, 0.1) is 39.9 Å². The van der Waals surface area contributed by atoms with Crippen LogP contribution < -0.4 is 41.7 Å². The Morgan fingerprint density at radius 3 is 0.875 bits per heavy atom. The summed E-state index contributed by atoms with van der Waals surface area (Å²) in [6, 6.07) is 0. The Balaban J connectivity index is 2.42. The third kappa shape index (κ3) is 8.29. The first kappa shape index (κ1) is 46.4. The maximum absolute atomic E-state index is 15.3. The summed E-state index contributed by atoms with van der Waals surface area (Å²) in [7, 11) is 0. The van der Waals surface area contributed by atoms with E-state index in [1.54, 1.807) is 0 Å². The van der Waals surface area contributed by atoms with Crippen LogP contribution in [-0.4, -0.2) is 68.2 Å². The van der Waals surface area contributed by atoms with Crippen molar-refractivity contribution in [2.75, 3.05) is 0 Å². The number of carboxylic acid groups (broad SMARTS) is 4. The predicted molar refractivity (Wildman–Crippen MR) is 208 cm³/mol. The Hall–Kier alpha value is -2.28. The Bertz CT molecular complexity index is 1440. The number of hydrogen-bond donors (Lipinski definition) is 4. The Morgan fingerprint density at radius 2 is 0.643 bits per heavy atom. The molecule has 4 rings (SSSR count). The molecular formula is C44H74N4O8-4. The molecule has 12 nitrogen and oxygen atoms in total. The van der Waals surface area contributed by atoms with Gasteiger partial charge in [-0.15, -0.1) is 0 Å². The number of carbonyl (C=O) groups excluding carboxylic acids is 4. The van der Waals surface area contributed by atoms with Crippen LogP contribution in [0.2, 0.25) is 0 Å². The van der Waals surface area contributed by atoms with Crippen LogP contribution in [0.3, 0.4) is 0 Å². The zero-order chi connectivity index (χ0) is 43.3. The zero-order valence-corrected chi connectivity index (χ0v) is 37.4. The molecule has 1 unspecified atom stereocenters. The fraction of sp³-hybridized carbons (Fsp3) is 0.909. The van der Waals surface area contributed by atoms with E-state index >= 15 is 9.90 Å². The maximum Gasteiger partial charge on any atom is 0.100 e. The minimum atomic E-state index is -4.14. The quantitative estimate of drug-likeness (QED) is 0.220. The van der Waals surface area contributed by atoms with Gasteiger partial charge in [-0.25, -0.2) is 0 Å². The average molecular weight is 787 g/mol.